The van der Waals surface area contributed by atoms with E-state index in [-0.39, 0.29) is 24.3 Å². The van der Waals surface area contributed by atoms with Crippen LogP contribution in [-0.4, -0.2) is 83.0 Å². The number of carbonyl (C=O) groups excluding carboxylic acids is 3. The number of fused-ring (bicyclic) bond motifs is 1. The number of aromatic nitrogens is 3. The molecule has 13 nitrogen and oxygen atoms in total. The first-order chi connectivity index (χ1) is 21.5. The minimum atomic E-state index is -0.817. The van der Waals surface area contributed by atoms with Gasteiger partial charge in [-0.05, 0) is 44.4 Å². The summed E-state index contributed by atoms with van der Waals surface area (Å²) < 4.78 is 10.9. The number of terminal acetylenes is 1. The van der Waals surface area contributed by atoms with Crippen LogP contribution in [0.5, 0.6) is 11.6 Å². The topological polar surface area (TPSA) is 160 Å². The summed E-state index contributed by atoms with van der Waals surface area (Å²) in [7, 11) is 3.18. The van der Waals surface area contributed by atoms with Crippen LogP contribution < -0.4 is 30.7 Å². The molecular weight excluding hydrogens is 576 g/mol. The second-order valence-corrected chi connectivity index (χ2v) is 11.8. The molecule has 1 fully saturated rings. The number of carbonyl (C=O) groups is 3. The maximum absolute atomic E-state index is 13.8. The molecule has 1 aromatic carbocycles. The Morgan fingerprint density at radius 3 is 2.60 bits per heavy atom. The number of methoxy groups -OCH3 is 1. The van der Waals surface area contributed by atoms with Crippen molar-refractivity contribution in [3.8, 4) is 24.0 Å². The molecule has 3 unspecified atom stereocenters. The van der Waals surface area contributed by atoms with Gasteiger partial charge in [-0.1, -0.05) is 26.7 Å². The number of hydrogen-bond acceptors (Lipinski definition) is 10. The van der Waals surface area contributed by atoms with E-state index in [9.17, 15) is 14.4 Å². The smallest absolute Gasteiger partial charge is 0.247 e. The van der Waals surface area contributed by atoms with Gasteiger partial charge in [-0.15, -0.1) is 6.42 Å². The van der Waals surface area contributed by atoms with Crippen LogP contribution in [0.25, 0.3) is 10.9 Å². The first-order valence-electron chi connectivity index (χ1n) is 14.7. The highest BCUT2D eigenvalue weighted by atomic mass is 16.5. The number of rotatable bonds is 11. The van der Waals surface area contributed by atoms with Crippen molar-refractivity contribution in [3.05, 3.63) is 36.8 Å². The minimum Gasteiger partial charge on any atom is -0.494 e. The molecule has 3 amide bonds. The lowest BCUT2D eigenvalue weighted by Gasteiger charge is -2.36. The molecule has 4 rings (SSSR count). The summed E-state index contributed by atoms with van der Waals surface area (Å²) in [6.07, 6.45) is 9.38. The molecule has 0 radical (unpaired) electrons. The van der Waals surface area contributed by atoms with Crippen molar-refractivity contribution in [2.45, 2.75) is 58.7 Å². The van der Waals surface area contributed by atoms with E-state index in [0.717, 1.165) is 0 Å². The molecule has 2 aromatic heterocycles. The van der Waals surface area contributed by atoms with Crippen LogP contribution in [0.3, 0.4) is 0 Å². The zero-order valence-corrected chi connectivity index (χ0v) is 26.4. The van der Waals surface area contributed by atoms with Crippen LogP contribution in [0.2, 0.25) is 0 Å². The molecule has 0 spiro atoms. The molecule has 238 valence electrons. The van der Waals surface area contributed by atoms with Crippen LogP contribution in [0, 0.1) is 17.8 Å². The van der Waals surface area contributed by atoms with E-state index in [0.29, 0.717) is 59.1 Å². The van der Waals surface area contributed by atoms with E-state index in [1.54, 1.807) is 49.3 Å². The molecule has 3 atom stereocenters. The molecule has 0 saturated carbocycles. The average Bonchev–Trinajstić information content (AvgIpc) is 3.52. The molecular formula is C32H40N8O5. The Bertz CT molecular complexity index is 1580. The predicted octanol–water partition coefficient (Wildman–Crippen LogP) is 2.86. The third kappa shape index (κ3) is 7.77. The Morgan fingerprint density at radius 1 is 1.18 bits per heavy atom. The summed E-state index contributed by atoms with van der Waals surface area (Å²) in [4.78, 5) is 54.8. The van der Waals surface area contributed by atoms with Gasteiger partial charge in [0.15, 0.2) is 6.61 Å². The second-order valence-electron chi connectivity index (χ2n) is 11.8. The van der Waals surface area contributed by atoms with Crippen molar-refractivity contribution in [3.63, 3.8) is 0 Å². The summed E-state index contributed by atoms with van der Waals surface area (Å²) in [6.45, 7) is 7.89. The first kappa shape index (κ1) is 32.9. The molecule has 1 saturated heterocycles. The SMILES string of the molecule is C#CCOc1ccc(Nc2ncnc3cc(OC)c(NC(=O)C4CCCN4C(=O)C(NC(=O)C(C)NC)C(C)(C)C)cc23)cn1. The Hall–Kier alpha value is -4.96. The highest BCUT2D eigenvalue weighted by Crippen LogP contribution is 2.34. The van der Waals surface area contributed by atoms with Gasteiger partial charge in [0.25, 0.3) is 0 Å². The molecule has 0 bridgehead atoms. The number of nitrogens with zero attached hydrogens (tertiary/aromatic N) is 4. The summed E-state index contributed by atoms with van der Waals surface area (Å²) in [6, 6.07) is 4.87. The average molecular weight is 617 g/mol. The molecule has 4 N–H and O–H groups in total. The van der Waals surface area contributed by atoms with Gasteiger partial charge in [0.2, 0.25) is 23.6 Å². The van der Waals surface area contributed by atoms with E-state index in [4.69, 9.17) is 15.9 Å². The zero-order chi connectivity index (χ0) is 32.7. The molecule has 13 heteroatoms. The van der Waals surface area contributed by atoms with E-state index < -0.39 is 23.5 Å². The van der Waals surface area contributed by atoms with Crippen molar-refractivity contribution in [2.24, 2.45) is 5.41 Å². The van der Waals surface area contributed by atoms with Crippen molar-refractivity contribution >= 4 is 45.8 Å². The van der Waals surface area contributed by atoms with Crippen LogP contribution >= 0.6 is 0 Å². The van der Waals surface area contributed by atoms with Crippen molar-refractivity contribution in [2.75, 3.05) is 37.9 Å². The monoisotopic (exact) mass is 616 g/mol. The summed E-state index contributed by atoms with van der Waals surface area (Å²) in [5.74, 6) is 2.72. The maximum atomic E-state index is 13.8. The van der Waals surface area contributed by atoms with E-state index in [1.165, 1.54) is 13.4 Å². The highest BCUT2D eigenvalue weighted by Gasteiger charge is 2.42. The van der Waals surface area contributed by atoms with Gasteiger partial charge in [0.05, 0.1) is 36.2 Å². The van der Waals surface area contributed by atoms with E-state index in [1.807, 2.05) is 20.8 Å². The van der Waals surface area contributed by atoms with Crippen LogP contribution in [0.4, 0.5) is 17.2 Å². The third-order valence-corrected chi connectivity index (χ3v) is 7.58. The number of pyridine rings is 1. The molecule has 1 aliphatic rings. The number of likely N-dealkylation sites (tertiary alicyclic amines) is 1. The quantitative estimate of drug-likeness (QED) is 0.236. The number of benzene rings is 1. The van der Waals surface area contributed by atoms with Crippen molar-refractivity contribution in [1.29, 1.82) is 0 Å². The van der Waals surface area contributed by atoms with E-state index in [2.05, 4.69) is 42.1 Å². The molecule has 1 aliphatic heterocycles. The number of likely N-dealkylation sites (N-methyl/N-ethyl adjacent to an activating group) is 1. The number of ether oxygens (including phenoxy) is 2. The molecule has 0 aliphatic carbocycles. The molecule has 3 heterocycles. The normalized spacial score (nSPS) is 15.9. The lowest BCUT2D eigenvalue weighted by atomic mass is 9.85. The van der Waals surface area contributed by atoms with Crippen LogP contribution in [0.1, 0.15) is 40.5 Å². The van der Waals surface area contributed by atoms with Crippen LogP contribution in [-0.2, 0) is 14.4 Å². The molecule has 45 heavy (non-hydrogen) atoms. The fourth-order valence-electron chi connectivity index (χ4n) is 4.97. The minimum absolute atomic E-state index is 0.114. The lowest BCUT2D eigenvalue weighted by Crippen LogP contribution is -2.59. The Balaban J connectivity index is 1.57. The Labute approximate surface area is 262 Å². The number of anilines is 3. The zero-order valence-electron chi connectivity index (χ0n) is 26.4. The van der Waals surface area contributed by atoms with Gasteiger partial charge in [-0.25, -0.2) is 15.0 Å². The maximum Gasteiger partial charge on any atom is 0.247 e. The van der Waals surface area contributed by atoms with Crippen molar-refractivity contribution in [1.82, 2.24) is 30.5 Å². The van der Waals surface area contributed by atoms with E-state index >= 15 is 0 Å². The number of amides is 3. The molecule has 3 aromatic rings. The van der Waals surface area contributed by atoms with Gasteiger partial charge in [-0.3, -0.25) is 14.4 Å². The summed E-state index contributed by atoms with van der Waals surface area (Å²) in [5, 5.41) is 12.6. The third-order valence-electron chi connectivity index (χ3n) is 7.58. The second kappa shape index (κ2) is 14.2. The van der Waals surface area contributed by atoms with Gasteiger partial charge >= 0.3 is 0 Å². The fourth-order valence-corrected chi connectivity index (χ4v) is 4.97. The lowest BCUT2D eigenvalue weighted by molar-refractivity contribution is -0.143. The standard InChI is InChI=1S/C32H40N8O5/c1-8-14-45-26-12-11-20(17-34-26)37-28-21-15-23(25(44-7)16-22(21)35-18-36-28)38-30(42)24-10-9-13-40(24)31(43)27(32(3,4)5)39-29(41)19(2)33-6/h1,11-12,15-19,24,27,33H,9-10,13-14H2,2-7H3,(H,38,42)(H,39,41)(H,35,36,37). The number of nitrogens with one attached hydrogen (secondary N) is 4. The van der Waals surface area contributed by atoms with Gasteiger partial charge < -0.3 is 35.6 Å². The van der Waals surface area contributed by atoms with Gasteiger partial charge in [0.1, 0.15) is 30.0 Å². The largest absolute Gasteiger partial charge is 0.494 e. The highest BCUT2D eigenvalue weighted by molar-refractivity contribution is 6.03. The number of hydrogen-bond donors (Lipinski definition) is 4. The van der Waals surface area contributed by atoms with Crippen LogP contribution in [0.15, 0.2) is 36.8 Å². The predicted molar refractivity (Wildman–Crippen MR) is 171 cm³/mol. The Morgan fingerprint density at radius 2 is 1.96 bits per heavy atom. The summed E-state index contributed by atoms with van der Waals surface area (Å²) >= 11 is 0. The first-order valence-corrected chi connectivity index (χ1v) is 14.7. The van der Waals surface area contributed by atoms with Gasteiger partial charge in [0, 0.05) is 24.1 Å². The Kier molecular flexibility index (Phi) is 10.4. The van der Waals surface area contributed by atoms with Crippen molar-refractivity contribution < 1.29 is 23.9 Å². The van der Waals surface area contributed by atoms with Gasteiger partial charge in [-0.2, -0.15) is 0 Å². The fraction of sp³-hybridized carbons (Fsp3) is 0.438. The summed E-state index contributed by atoms with van der Waals surface area (Å²) in [5.41, 5.74) is 1.04.